The summed E-state index contributed by atoms with van der Waals surface area (Å²) in [4.78, 5) is 37.2. The Hall–Kier alpha value is -1.53. The highest BCUT2D eigenvalue weighted by molar-refractivity contribution is 8.14. The van der Waals surface area contributed by atoms with Crippen molar-refractivity contribution in [1.82, 2.24) is 0 Å². The first-order valence-corrected chi connectivity index (χ1v) is 9.53. The highest BCUT2D eigenvalue weighted by atomic mass is 35.5. The molecule has 1 N–H and O–H groups in total. The second kappa shape index (κ2) is 9.82. The van der Waals surface area contributed by atoms with Crippen LogP contribution in [0.1, 0.15) is 37.8 Å². The third kappa shape index (κ3) is 5.75. The second-order valence-corrected chi connectivity index (χ2v) is 7.22. The summed E-state index contributed by atoms with van der Waals surface area (Å²) >= 11 is 7.08. The molecule has 5 nitrogen and oxygen atoms in total. The Morgan fingerprint density at radius 2 is 1.80 bits per heavy atom. The van der Waals surface area contributed by atoms with Gasteiger partial charge in [0.15, 0.2) is 5.12 Å². The van der Waals surface area contributed by atoms with Crippen molar-refractivity contribution in [2.45, 2.75) is 40.5 Å². The largest absolute Gasteiger partial charge is 0.480 e. The number of halogens is 1. The fourth-order valence-corrected chi connectivity index (χ4v) is 3.75. The molecule has 1 amide bonds. The van der Waals surface area contributed by atoms with Gasteiger partial charge in [0.25, 0.3) is 0 Å². The standard InChI is InChI=1S/C18H24ClNO4S/c1-5-13(6-2)18(24)25-10-15(21)20(9-16(22)23)17-11(3)7-8-14(19)12(17)4/h7-8,13H,5-6,9-10H2,1-4H3,(H,22,23). The average Bonchev–Trinajstić information content (AvgIpc) is 2.56. The molecule has 25 heavy (non-hydrogen) atoms. The first kappa shape index (κ1) is 21.5. The minimum Gasteiger partial charge on any atom is -0.480 e. The van der Waals surface area contributed by atoms with E-state index in [1.54, 1.807) is 26.0 Å². The van der Waals surface area contributed by atoms with Crippen molar-refractivity contribution in [1.29, 1.82) is 0 Å². The third-order valence-electron chi connectivity index (χ3n) is 4.09. The molecule has 0 spiro atoms. The van der Waals surface area contributed by atoms with Crippen molar-refractivity contribution in [3.05, 3.63) is 28.3 Å². The number of aliphatic carboxylic acids is 1. The predicted octanol–water partition coefficient (Wildman–Crippen LogP) is 4.07. The van der Waals surface area contributed by atoms with Gasteiger partial charge in [-0.05, 0) is 43.9 Å². The Labute approximate surface area is 157 Å². The van der Waals surface area contributed by atoms with E-state index in [2.05, 4.69) is 0 Å². The monoisotopic (exact) mass is 385 g/mol. The number of carboxylic acids is 1. The summed E-state index contributed by atoms with van der Waals surface area (Å²) in [6, 6.07) is 3.46. The van der Waals surface area contributed by atoms with Crippen LogP contribution in [0.25, 0.3) is 0 Å². The maximum absolute atomic E-state index is 12.6. The van der Waals surface area contributed by atoms with Crippen LogP contribution in [0.2, 0.25) is 5.02 Å². The van der Waals surface area contributed by atoms with Crippen LogP contribution in [0.5, 0.6) is 0 Å². The lowest BCUT2D eigenvalue weighted by atomic mass is 10.1. The molecular formula is C18H24ClNO4S. The van der Waals surface area contributed by atoms with Crippen molar-refractivity contribution < 1.29 is 19.5 Å². The van der Waals surface area contributed by atoms with E-state index in [0.29, 0.717) is 16.3 Å². The van der Waals surface area contributed by atoms with Gasteiger partial charge in [0, 0.05) is 10.9 Å². The van der Waals surface area contributed by atoms with Gasteiger partial charge in [-0.2, -0.15) is 0 Å². The second-order valence-electron chi connectivity index (χ2n) is 5.83. The van der Waals surface area contributed by atoms with Gasteiger partial charge in [-0.15, -0.1) is 0 Å². The zero-order chi connectivity index (χ0) is 19.1. The van der Waals surface area contributed by atoms with Crippen LogP contribution < -0.4 is 4.90 Å². The maximum Gasteiger partial charge on any atom is 0.323 e. The number of amides is 1. The minimum absolute atomic E-state index is 0.0341. The topological polar surface area (TPSA) is 74.7 Å². The Kier molecular flexibility index (Phi) is 8.45. The van der Waals surface area contributed by atoms with Gasteiger partial charge >= 0.3 is 5.97 Å². The molecule has 0 heterocycles. The molecule has 1 rings (SSSR count). The summed E-state index contributed by atoms with van der Waals surface area (Å²) in [5.74, 6) is -1.71. The van der Waals surface area contributed by atoms with Crippen LogP contribution in [0.15, 0.2) is 12.1 Å². The van der Waals surface area contributed by atoms with E-state index in [4.69, 9.17) is 11.6 Å². The van der Waals surface area contributed by atoms with Crippen LogP contribution >= 0.6 is 23.4 Å². The number of aryl methyl sites for hydroxylation is 1. The van der Waals surface area contributed by atoms with E-state index < -0.39 is 18.4 Å². The van der Waals surface area contributed by atoms with Crippen LogP contribution in [0.4, 0.5) is 5.69 Å². The summed E-state index contributed by atoms with van der Waals surface area (Å²) in [5, 5.41) is 9.61. The van der Waals surface area contributed by atoms with Crippen LogP contribution in [0, 0.1) is 19.8 Å². The number of carboxylic acid groups (broad SMARTS) is 1. The van der Waals surface area contributed by atoms with E-state index in [-0.39, 0.29) is 16.8 Å². The molecule has 0 aromatic heterocycles. The molecule has 0 unspecified atom stereocenters. The molecule has 0 bridgehead atoms. The van der Waals surface area contributed by atoms with Crippen molar-refractivity contribution in [2.24, 2.45) is 5.92 Å². The number of hydrogen-bond donors (Lipinski definition) is 1. The molecule has 0 aliphatic heterocycles. The normalized spacial score (nSPS) is 10.8. The van der Waals surface area contributed by atoms with E-state index in [9.17, 15) is 19.5 Å². The molecular weight excluding hydrogens is 362 g/mol. The predicted molar refractivity (Wildman–Crippen MR) is 102 cm³/mol. The third-order valence-corrected chi connectivity index (χ3v) is 5.51. The number of thioether (sulfide) groups is 1. The lowest BCUT2D eigenvalue weighted by molar-refractivity contribution is -0.136. The summed E-state index contributed by atoms with van der Waals surface area (Å²) < 4.78 is 0. The quantitative estimate of drug-likeness (QED) is 0.730. The number of nitrogens with zero attached hydrogens (tertiary/aromatic N) is 1. The Morgan fingerprint density at radius 1 is 1.20 bits per heavy atom. The molecule has 138 valence electrons. The van der Waals surface area contributed by atoms with Gasteiger partial charge in [-0.1, -0.05) is 43.3 Å². The number of benzene rings is 1. The van der Waals surface area contributed by atoms with Crippen LogP contribution in [-0.4, -0.2) is 34.4 Å². The zero-order valence-corrected chi connectivity index (χ0v) is 16.5. The highest BCUT2D eigenvalue weighted by Crippen LogP contribution is 2.31. The molecule has 1 aromatic rings. The summed E-state index contributed by atoms with van der Waals surface area (Å²) in [5.41, 5.74) is 1.90. The highest BCUT2D eigenvalue weighted by Gasteiger charge is 2.25. The van der Waals surface area contributed by atoms with Gasteiger partial charge in [0.05, 0.1) is 11.4 Å². The van der Waals surface area contributed by atoms with E-state index in [0.717, 1.165) is 30.2 Å². The SMILES string of the molecule is CCC(CC)C(=O)SCC(=O)N(CC(=O)O)c1c(C)ccc(Cl)c1C. The number of carbonyl (C=O) groups is 3. The maximum atomic E-state index is 12.6. The number of rotatable bonds is 8. The van der Waals surface area contributed by atoms with E-state index in [1.165, 1.54) is 4.90 Å². The number of hydrogen-bond acceptors (Lipinski definition) is 4. The Morgan fingerprint density at radius 3 is 2.32 bits per heavy atom. The molecule has 0 radical (unpaired) electrons. The van der Waals surface area contributed by atoms with Crippen molar-refractivity contribution in [3.8, 4) is 0 Å². The molecule has 0 aliphatic rings. The first-order valence-electron chi connectivity index (χ1n) is 8.17. The molecule has 7 heteroatoms. The molecule has 0 atom stereocenters. The fourth-order valence-electron chi connectivity index (χ4n) is 2.60. The van der Waals surface area contributed by atoms with Gasteiger partial charge in [-0.25, -0.2) is 0 Å². The molecule has 0 saturated carbocycles. The fraction of sp³-hybridized carbons (Fsp3) is 0.500. The van der Waals surface area contributed by atoms with Gasteiger partial charge in [0.2, 0.25) is 5.91 Å². The number of carbonyl (C=O) groups excluding carboxylic acids is 2. The summed E-state index contributed by atoms with van der Waals surface area (Å²) in [6.45, 7) is 6.94. The zero-order valence-electron chi connectivity index (χ0n) is 15.0. The Bertz CT molecular complexity index is 659. The lowest BCUT2D eigenvalue weighted by Gasteiger charge is -2.25. The van der Waals surface area contributed by atoms with Crippen molar-refractivity contribution in [2.75, 3.05) is 17.2 Å². The minimum atomic E-state index is -1.12. The van der Waals surface area contributed by atoms with Gasteiger partial charge in [-0.3, -0.25) is 19.3 Å². The molecule has 0 saturated heterocycles. The lowest BCUT2D eigenvalue weighted by Crippen LogP contribution is -2.38. The summed E-state index contributed by atoms with van der Waals surface area (Å²) in [6.07, 6.45) is 1.45. The first-order chi connectivity index (χ1) is 11.7. The van der Waals surface area contributed by atoms with Crippen molar-refractivity contribution in [3.63, 3.8) is 0 Å². The Balaban J connectivity index is 3.04. The molecule has 0 aliphatic carbocycles. The van der Waals surface area contributed by atoms with Crippen molar-refractivity contribution >= 4 is 46.0 Å². The van der Waals surface area contributed by atoms with Gasteiger partial charge in [0.1, 0.15) is 6.54 Å². The molecule has 1 aromatic carbocycles. The average molecular weight is 386 g/mol. The van der Waals surface area contributed by atoms with Crippen LogP contribution in [0.3, 0.4) is 0 Å². The van der Waals surface area contributed by atoms with Crippen LogP contribution in [-0.2, 0) is 14.4 Å². The van der Waals surface area contributed by atoms with E-state index in [1.807, 2.05) is 13.8 Å². The summed E-state index contributed by atoms with van der Waals surface area (Å²) in [7, 11) is 0. The molecule has 0 fully saturated rings. The van der Waals surface area contributed by atoms with E-state index >= 15 is 0 Å². The van der Waals surface area contributed by atoms with Gasteiger partial charge < -0.3 is 5.11 Å². The number of anilines is 1. The smallest absolute Gasteiger partial charge is 0.323 e.